The normalized spacial score (nSPS) is 29.3. The van der Waals surface area contributed by atoms with Crippen LogP contribution in [0.25, 0.3) is 0 Å². The number of carbonyl (C=O) groups excluding carboxylic acids is 1. The highest BCUT2D eigenvalue weighted by molar-refractivity contribution is 6.31. The summed E-state index contributed by atoms with van der Waals surface area (Å²) >= 11 is 12.2. The fourth-order valence-corrected chi connectivity index (χ4v) is 5.94. The third-order valence-corrected chi connectivity index (χ3v) is 7.28. The topological polar surface area (TPSA) is 55.6 Å². The number of esters is 1. The van der Waals surface area contributed by atoms with Crippen molar-refractivity contribution >= 4 is 29.2 Å². The molecule has 0 amide bonds. The van der Waals surface area contributed by atoms with E-state index in [1.165, 1.54) is 18.2 Å². The van der Waals surface area contributed by atoms with Crippen LogP contribution in [-0.4, -0.2) is 28.7 Å². The minimum atomic E-state index is -1.48. The molecule has 2 heterocycles. The molecular weight excluding hydrogens is 469 g/mol. The van der Waals surface area contributed by atoms with Crippen LogP contribution in [0.4, 0.5) is 8.78 Å². The van der Waals surface area contributed by atoms with Crippen LogP contribution in [0, 0.1) is 17.0 Å². The van der Waals surface area contributed by atoms with E-state index in [-0.39, 0.29) is 26.6 Å². The molecule has 2 fully saturated rings. The lowest BCUT2D eigenvalue weighted by Crippen LogP contribution is -2.57. The Balaban J connectivity index is 2.06. The number of carbonyl (C=O) groups is 1. The maximum absolute atomic E-state index is 15.5. The summed E-state index contributed by atoms with van der Waals surface area (Å²) in [5.74, 6) is -2.76. The van der Waals surface area contributed by atoms with Crippen LogP contribution >= 0.6 is 23.2 Å². The summed E-state index contributed by atoms with van der Waals surface area (Å²) in [6, 6.07) is 7.40. The van der Waals surface area contributed by atoms with E-state index in [1.807, 2.05) is 25.7 Å². The fourth-order valence-electron chi connectivity index (χ4n) is 5.60. The molecule has 2 N–H and O–H groups in total. The molecule has 0 unspecified atom stereocenters. The van der Waals surface area contributed by atoms with E-state index in [9.17, 15) is 4.79 Å². The maximum atomic E-state index is 15.5. The molecule has 0 saturated carbocycles. The molecule has 178 valence electrons. The lowest BCUT2D eigenvalue weighted by Gasteiger charge is -2.44. The van der Waals surface area contributed by atoms with Gasteiger partial charge in [0.25, 0.3) is 0 Å². The first kappa shape index (κ1) is 24.4. The highest BCUT2D eigenvalue weighted by Gasteiger charge is 2.69. The van der Waals surface area contributed by atoms with Gasteiger partial charge < -0.3 is 10.5 Å². The van der Waals surface area contributed by atoms with Gasteiger partial charge >= 0.3 is 5.97 Å². The van der Waals surface area contributed by atoms with Gasteiger partial charge in [0.15, 0.2) is 5.72 Å². The highest BCUT2D eigenvalue weighted by atomic mass is 35.5. The van der Waals surface area contributed by atoms with Crippen molar-refractivity contribution in [3.63, 3.8) is 0 Å². The molecule has 2 aromatic carbocycles. The van der Waals surface area contributed by atoms with E-state index < -0.39 is 46.9 Å². The van der Waals surface area contributed by atoms with E-state index in [0.29, 0.717) is 6.42 Å². The summed E-state index contributed by atoms with van der Waals surface area (Å²) in [7, 11) is 0. The predicted molar refractivity (Wildman–Crippen MR) is 125 cm³/mol. The molecule has 0 aromatic heterocycles. The van der Waals surface area contributed by atoms with Crippen molar-refractivity contribution in [3.8, 4) is 0 Å². The standard InChI is InChI=1S/C25H28Cl2F2N2O2/c1-23(2,3)12-18-25(30,15-10-9-13(26)11-17(15)28)19(14-7-6-8-16(27)20(14)29)21-22(32)33-24(4,5)31(18)21/h6-11,18-19,21H,12,30H2,1-5H3/t18-,19-,21+,25+/m0/s1. The van der Waals surface area contributed by atoms with Crippen molar-refractivity contribution in [3.05, 3.63) is 69.2 Å². The second-order valence-electron chi connectivity index (χ2n) is 10.7. The Hall–Kier alpha value is -1.73. The molecule has 2 aliphatic heterocycles. The second kappa shape index (κ2) is 7.91. The fraction of sp³-hybridized carbons (Fsp3) is 0.480. The molecule has 0 radical (unpaired) electrons. The Morgan fingerprint density at radius 1 is 1.15 bits per heavy atom. The Labute approximate surface area is 203 Å². The second-order valence-corrected chi connectivity index (χ2v) is 11.5. The zero-order chi connectivity index (χ0) is 24.5. The van der Waals surface area contributed by atoms with Gasteiger partial charge in [-0.1, -0.05) is 62.2 Å². The van der Waals surface area contributed by atoms with Gasteiger partial charge in [-0.3, -0.25) is 4.79 Å². The van der Waals surface area contributed by atoms with Crippen LogP contribution < -0.4 is 5.73 Å². The first-order valence-corrected chi connectivity index (χ1v) is 11.6. The molecule has 2 aromatic rings. The molecule has 33 heavy (non-hydrogen) atoms. The summed E-state index contributed by atoms with van der Waals surface area (Å²) in [6.07, 6.45) is 0.501. The van der Waals surface area contributed by atoms with Gasteiger partial charge in [0.05, 0.1) is 10.6 Å². The van der Waals surface area contributed by atoms with Gasteiger partial charge in [-0.2, -0.15) is 0 Å². The number of rotatable bonds is 3. The van der Waals surface area contributed by atoms with Crippen molar-refractivity contribution < 1.29 is 18.3 Å². The minimum Gasteiger partial charge on any atom is -0.443 e. The number of ether oxygens (including phenoxy) is 1. The molecule has 4 rings (SSSR count). The largest absolute Gasteiger partial charge is 0.443 e. The number of hydrogen-bond acceptors (Lipinski definition) is 4. The van der Waals surface area contributed by atoms with E-state index in [2.05, 4.69) is 0 Å². The number of nitrogens with two attached hydrogens (primary N) is 1. The molecule has 0 spiro atoms. The number of halogens is 4. The molecule has 2 aliphatic rings. The van der Waals surface area contributed by atoms with Gasteiger partial charge in [-0.15, -0.1) is 0 Å². The van der Waals surface area contributed by atoms with Crippen LogP contribution in [0.5, 0.6) is 0 Å². The van der Waals surface area contributed by atoms with E-state index in [1.54, 1.807) is 32.0 Å². The zero-order valence-electron chi connectivity index (χ0n) is 19.3. The van der Waals surface area contributed by atoms with Crippen LogP contribution in [0.2, 0.25) is 10.0 Å². The predicted octanol–water partition coefficient (Wildman–Crippen LogP) is 5.99. The number of fused-ring (bicyclic) bond motifs is 1. The van der Waals surface area contributed by atoms with Crippen molar-refractivity contribution in [2.24, 2.45) is 11.1 Å². The Bertz CT molecular complexity index is 1120. The van der Waals surface area contributed by atoms with Crippen molar-refractivity contribution in [1.82, 2.24) is 4.90 Å². The third kappa shape index (κ3) is 3.85. The number of hydrogen-bond donors (Lipinski definition) is 1. The van der Waals surface area contributed by atoms with Crippen molar-refractivity contribution in [2.45, 2.75) is 70.3 Å². The van der Waals surface area contributed by atoms with E-state index >= 15 is 8.78 Å². The summed E-state index contributed by atoms with van der Waals surface area (Å²) < 4.78 is 36.6. The summed E-state index contributed by atoms with van der Waals surface area (Å²) in [5, 5.41) is 0.124. The van der Waals surface area contributed by atoms with E-state index in [0.717, 1.165) is 0 Å². The Morgan fingerprint density at radius 2 is 1.82 bits per heavy atom. The van der Waals surface area contributed by atoms with Crippen LogP contribution in [-0.2, 0) is 15.1 Å². The number of benzene rings is 2. The first-order chi connectivity index (χ1) is 15.2. The number of cyclic esters (lactones) is 1. The zero-order valence-corrected chi connectivity index (χ0v) is 20.8. The first-order valence-electron chi connectivity index (χ1n) is 10.9. The smallest absolute Gasteiger partial charge is 0.325 e. The Kier molecular flexibility index (Phi) is 5.85. The summed E-state index contributed by atoms with van der Waals surface area (Å²) in [4.78, 5) is 15.1. The van der Waals surface area contributed by atoms with Crippen LogP contribution in [0.1, 0.15) is 58.1 Å². The molecular formula is C25H28Cl2F2N2O2. The molecule has 2 saturated heterocycles. The molecule has 0 aliphatic carbocycles. The average Bonchev–Trinajstić information content (AvgIpc) is 3.06. The van der Waals surface area contributed by atoms with Gasteiger partial charge in [0.1, 0.15) is 17.7 Å². The van der Waals surface area contributed by atoms with Crippen LogP contribution in [0.15, 0.2) is 36.4 Å². The lowest BCUT2D eigenvalue weighted by atomic mass is 9.68. The van der Waals surface area contributed by atoms with Crippen molar-refractivity contribution in [1.29, 1.82) is 0 Å². The van der Waals surface area contributed by atoms with Crippen LogP contribution in [0.3, 0.4) is 0 Å². The van der Waals surface area contributed by atoms with Gasteiger partial charge in [-0.05, 0) is 49.4 Å². The molecule has 0 bridgehead atoms. The molecule has 8 heteroatoms. The van der Waals surface area contributed by atoms with E-state index in [4.69, 9.17) is 33.7 Å². The maximum Gasteiger partial charge on any atom is 0.325 e. The summed E-state index contributed by atoms with van der Waals surface area (Å²) in [6.45, 7) is 9.67. The lowest BCUT2D eigenvalue weighted by molar-refractivity contribution is -0.152. The minimum absolute atomic E-state index is 0.0946. The monoisotopic (exact) mass is 496 g/mol. The molecule has 4 atom stereocenters. The number of nitrogens with zero attached hydrogens (tertiary/aromatic N) is 1. The average molecular weight is 497 g/mol. The van der Waals surface area contributed by atoms with Gasteiger partial charge in [-0.25, -0.2) is 13.7 Å². The van der Waals surface area contributed by atoms with Gasteiger partial charge in [0, 0.05) is 22.5 Å². The van der Waals surface area contributed by atoms with Gasteiger partial charge in [0.2, 0.25) is 0 Å². The third-order valence-electron chi connectivity index (χ3n) is 6.75. The molecule has 4 nitrogen and oxygen atoms in total. The highest BCUT2D eigenvalue weighted by Crippen LogP contribution is 2.58. The SMILES string of the molecule is CC(C)(C)C[C@@H]1N2[C@@H](C(=O)OC2(C)C)[C@H](c2cccc(Cl)c2F)[C@@]1(N)c1ccc(Cl)cc1F. The van der Waals surface area contributed by atoms with Crippen molar-refractivity contribution in [2.75, 3.05) is 0 Å². The quantitative estimate of drug-likeness (QED) is 0.530. The summed E-state index contributed by atoms with van der Waals surface area (Å²) in [5.41, 5.74) is 4.79. The Morgan fingerprint density at radius 3 is 2.42 bits per heavy atom.